The molecule has 4 nitrogen and oxygen atoms in total. The zero-order chi connectivity index (χ0) is 21.0. The lowest BCUT2D eigenvalue weighted by atomic mass is 9.96. The summed E-state index contributed by atoms with van der Waals surface area (Å²) in [6, 6.07) is 5.67. The molecule has 0 radical (unpaired) electrons. The lowest BCUT2D eigenvalue weighted by Gasteiger charge is -2.34. The number of pyridine rings is 1. The van der Waals surface area contributed by atoms with Gasteiger partial charge in [-0.25, -0.2) is 0 Å². The van der Waals surface area contributed by atoms with Gasteiger partial charge < -0.3 is 15.1 Å². The number of anilines is 1. The van der Waals surface area contributed by atoms with E-state index in [9.17, 15) is 13.2 Å². The van der Waals surface area contributed by atoms with Crippen LogP contribution in [0, 0.1) is 5.92 Å². The number of benzene rings is 1. The topological polar surface area (TPSA) is 31.4 Å². The van der Waals surface area contributed by atoms with Gasteiger partial charge in [-0.05, 0) is 75.5 Å². The van der Waals surface area contributed by atoms with Crippen molar-refractivity contribution < 1.29 is 13.2 Å². The Kier molecular flexibility index (Phi) is 6.78. The molecule has 0 amide bonds. The number of rotatable bonds is 6. The van der Waals surface area contributed by atoms with E-state index in [1.165, 1.54) is 44.5 Å². The maximum Gasteiger partial charge on any atom is 0.416 e. The minimum atomic E-state index is -4.34. The highest BCUT2D eigenvalue weighted by atomic mass is 19.4. The van der Waals surface area contributed by atoms with Gasteiger partial charge in [0.1, 0.15) is 0 Å². The van der Waals surface area contributed by atoms with E-state index in [1.54, 1.807) is 6.20 Å². The second kappa shape index (κ2) is 9.52. The smallest absolute Gasteiger partial charge is 0.371 e. The summed E-state index contributed by atoms with van der Waals surface area (Å²) in [7, 11) is 0. The average Bonchev–Trinajstić information content (AvgIpc) is 2.76. The van der Waals surface area contributed by atoms with E-state index in [-0.39, 0.29) is 0 Å². The summed E-state index contributed by atoms with van der Waals surface area (Å²) in [5.74, 6) is 0.626. The maximum absolute atomic E-state index is 13.2. The maximum atomic E-state index is 13.2. The van der Waals surface area contributed by atoms with Crippen LogP contribution in [0.1, 0.15) is 37.7 Å². The van der Waals surface area contributed by atoms with Crippen LogP contribution in [0.15, 0.2) is 30.5 Å². The normalized spacial score (nSPS) is 19.5. The van der Waals surface area contributed by atoms with Gasteiger partial charge in [-0.3, -0.25) is 4.98 Å². The van der Waals surface area contributed by atoms with Crippen molar-refractivity contribution in [3.63, 3.8) is 0 Å². The first-order valence-electron chi connectivity index (χ1n) is 11.1. The van der Waals surface area contributed by atoms with Gasteiger partial charge >= 0.3 is 6.18 Å². The Labute approximate surface area is 176 Å². The van der Waals surface area contributed by atoms with Gasteiger partial charge in [0.15, 0.2) is 0 Å². The molecular weight excluding hydrogens is 389 g/mol. The first kappa shape index (κ1) is 21.4. The number of hydrogen-bond donors (Lipinski definition) is 1. The van der Waals surface area contributed by atoms with Crippen LogP contribution in [0.2, 0.25) is 0 Å². The van der Waals surface area contributed by atoms with E-state index in [2.05, 4.69) is 20.1 Å². The third-order valence-corrected chi connectivity index (χ3v) is 6.49. The van der Waals surface area contributed by atoms with E-state index >= 15 is 0 Å². The summed E-state index contributed by atoms with van der Waals surface area (Å²) in [6.45, 7) is 7.39. The lowest BCUT2D eigenvalue weighted by Crippen LogP contribution is -2.40. The predicted octanol–water partition coefficient (Wildman–Crippen LogP) is 4.55. The highest BCUT2D eigenvalue weighted by Gasteiger charge is 2.31. The third-order valence-electron chi connectivity index (χ3n) is 6.49. The van der Waals surface area contributed by atoms with Crippen molar-refractivity contribution in [3.8, 4) is 0 Å². The third kappa shape index (κ3) is 5.24. The van der Waals surface area contributed by atoms with Crippen LogP contribution in [0.3, 0.4) is 0 Å². The number of aromatic nitrogens is 1. The minimum absolute atomic E-state index is 0.588. The second-order valence-corrected chi connectivity index (χ2v) is 8.60. The summed E-state index contributed by atoms with van der Waals surface area (Å²) >= 11 is 0. The highest BCUT2D eigenvalue weighted by molar-refractivity contribution is 5.92. The molecule has 1 N–H and O–H groups in total. The summed E-state index contributed by atoms with van der Waals surface area (Å²) in [6.07, 6.45) is 3.48. The molecule has 2 saturated heterocycles. The van der Waals surface area contributed by atoms with E-state index in [0.717, 1.165) is 57.3 Å². The minimum Gasteiger partial charge on any atom is -0.371 e. The van der Waals surface area contributed by atoms with Crippen molar-refractivity contribution in [3.05, 3.63) is 36.0 Å². The van der Waals surface area contributed by atoms with Crippen LogP contribution in [-0.4, -0.2) is 55.7 Å². The van der Waals surface area contributed by atoms with Gasteiger partial charge in [0, 0.05) is 43.4 Å². The number of nitrogens with one attached hydrogen (secondary N) is 1. The molecule has 0 saturated carbocycles. The molecule has 0 atom stereocenters. The zero-order valence-electron chi connectivity index (χ0n) is 17.4. The van der Waals surface area contributed by atoms with Gasteiger partial charge in [-0.2, -0.15) is 13.2 Å². The Morgan fingerprint density at radius 2 is 1.77 bits per heavy atom. The SMILES string of the molecule is FC(F)(F)c1ccc2nccc(N3CCC(CNCCN4CCCCC4)CC3)c2c1. The molecule has 2 aliphatic rings. The molecule has 4 rings (SSSR count). The lowest BCUT2D eigenvalue weighted by molar-refractivity contribution is -0.137. The molecular formula is C23H31F3N4. The summed E-state index contributed by atoms with van der Waals surface area (Å²) in [4.78, 5) is 9.02. The van der Waals surface area contributed by atoms with Gasteiger partial charge in [-0.1, -0.05) is 6.42 Å². The van der Waals surface area contributed by atoms with E-state index < -0.39 is 11.7 Å². The Hall–Kier alpha value is -1.86. The second-order valence-electron chi connectivity index (χ2n) is 8.60. The first-order chi connectivity index (χ1) is 14.5. The van der Waals surface area contributed by atoms with Crippen LogP contribution in [0.5, 0.6) is 0 Å². The fourth-order valence-electron chi connectivity index (χ4n) is 4.69. The average molecular weight is 421 g/mol. The van der Waals surface area contributed by atoms with E-state index in [4.69, 9.17) is 0 Å². The molecule has 1 aromatic carbocycles. The molecule has 3 heterocycles. The molecule has 0 spiro atoms. The van der Waals surface area contributed by atoms with Gasteiger partial charge in [0.25, 0.3) is 0 Å². The van der Waals surface area contributed by atoms with Crippen LogP contribution >= 0.6 is 0 Å². The van der Waals surface area contributed by atoms with E-state index in [0.29, 0.717) is 16.8 Å². The number of likely N-dealkylation sites (tertiary alicyclic amines) is 1. The monoisotopic (exact) mass is 420 g/mol. The van der Waals surface area contributed by atoms with Crippen molar-refractivity contribution in [2.45, 2.75) is 38.3 Å². The fraction of sp³-hybridized carbons (Fsp3) is 0.609. The molecule has 7 heteroatoms. The van der Waals surface area contributed by atoms with Crippen LogP contribution in [-0.2, 0) is 6.18 Å². The molecule has 2 aromatic rings. The van der Waals surface area contributed by atoms with Crippen molar-refractivity contribution in [1.29, 1.82) is 0 Å². The Bertz CT molecular complexity index is 825. The first-order valence-corrected chi connectivity index (χ1v) is 11.1. The van der Waals surface area contributed by atoms with Crippen LogP contribution in [0.4, 0.5) is 18.9 Å². The standard InChI is InChI=1S/C23H31F3N4/c24-23(25,26)19-4-5-21-20(16-19)22(6-9-28-21)30-13-7-18(8-14-30)17-27-10-15-29-11-2-1-3-12-29/h4-6,9,16,18,27H,1-3,7-8,10-15,17H2. The zero-order valence-corrected chi connectivity index (χ0v) is 17.4. The van der Waals surface area contributed by atoms with Crippen molar-refractivity contribution >= 4 is 16.6 Å². The molecule has 0 aliphatic carbocycles. The predicted molar refractivity (Wildman–Crippen MR) is 115 cm³/mol. The molecule has 164 valence electrons. The molecule has 1 aromatic heterocycles. The van der Waals surface area contributed by atoms with Gasteiger partial charge in [0.05, 0.1) is 11.1 Å². The molecule has 0 unspecified atom stereocenters. The Morgan fingerprint density at radius 1 is 1.00 bits per heavy atom. The molecule has 30 heavy (non-hydrogen) atoms. The van der Waals surface area contributed by atoms with Crippen LogP contribution < -0.4 is 10.2 Å². The van der Waals surface area contributed by atoms with Gasteiger partial charge in [0.2, 0.25) is 0 Å². The Balaban J connectivity index is 1.31. The number of piperidine rings is 2. The number of alkyl halides is 3. The molecule has 0 bridgehead atoms. The summed E-state index contributed by atoms with van der Waals surface area (Å²) in [5, 5.41) is 4.20. The largest absolute Gasteiger partial charge is 0.416 e. The number of hydrogen-bond acceptors (Lipinski definition) is 4. The molecule has 2 fully saturated rings. The molecule has 2 aliphatic heterocycles. The summed E-state index contributed by atoms with van der Waals surface area (Å²) < 4.78 is 39.5. The summed E-state index contributed by atoms with van der Waals surface area (Å²) in [5.41, 5.74) is 0.863. The quantitative estimate of drug-likeness (QED) is 0.695. The Morgan fingerprint density at radius 3 is 2.50 bits per heavy atom. The van der Waals surface area contributed by atoms with Crippen molar-refractivity contribution in [2.75, 3.05) is 50.7 Å². The fourth-order valence-corrected chi connectivity index (χ4v) is 4.69. The van der Waals surface area contributed by atoms with Crippen LogP contribution in [0.25, 0.3) is 10.9 Å². The van der Waals surface area contributed by atoms with E-state index in [1.807, 2.05) is 6.07 Å². The number of fused-ring (bicyclic) bond motifs is 1. The number of nitrogens with zero attached hydrogens (tertiary/aromatic N) is 3. The van der Waals surface area contributed by atoms with Gasteiger partial charge in [-0.15, -0.1) is 0 Å². The van der Waals surface area contributed by atoms with Crippen molar-refractivity contribution in [1.82, 2.24) is 15.2 Å². The highest BCUT2D eigenvalue weighted by Crippen LogP contribution is 2.35. The van der Waals surface area contributed by atoms with Crippen molar-refractivity contribution in [2.24, 2.45) is 5.92 Å². The number of halogens is 3.